The fraction of sp³-hybridized carbons (Fsp3) is 0.346. The van der Waals surface area contributed by atoms with Crippen LogP contribution in [-0.2, 0) is 31.3 Å². The maximum atomic E-state index is 15.1. The third-order valence-corrected chi connectivity index (χ3v) is 8.67. The standard InChI is InChI=1S/C26H26ClF4N5O4S/c1-36(2)22-13-25(40-15-37,16-4-3-5-17(10-16)26(29,30)31)8-6-20(22)34-21-12-19(28)23(11-18(21)27)41(38,39)35-24-7-9-32-14-33-24/h3-5,7,9-12,14-15,20,22,34H,6,8,13H2,1-2H3,(H,32,33,35)/t20-,22-,25+/m0/s1. The molecule has 0 amide bonds. The van der Waals surface area contributed by atoms with Gasteiger partial charge >= 0.3 is 6.18 Å². The number of hydrogen-bond donors (Lipinski definition) is 2. The summed E-state index contributed by atoms with van der Waals surface area (Å²) in [5.41, 5.74) is -1.88. The van der Waals surface area contributed by atoms with Crippen LogP contribution in [0.1, 0.15) is 30.4 Å². The van der Waals surface area contributed by atoms with Crippen LogP contribution in [0.5, 0.6) is 0 Å². The number of benzene rings is 2. The van der Waals surface area contributed by atoms with Gasteiger partial charge in [0.05, 0.1) is 16.3 Å². The molecule has 4 rings (SSSR count). The molecule has 1 aliphatic carbocycles. The first-order chi connectivity index (χ1) is 19.3. The lowest BCUT2D eigenvalue weighted by atomic mass is 9.74. The number of ether oxygens (including phenoxy) is 1. The zero-order valence-electron chi connectivity index (χ0n) is 21.8. The van der Waals surface area contributed by atoms with E-state index in [1.54, 1.807) is 14.1 Å². The van der Waals surface area contributed by atoms with Gasteiger partial charge in [0, 0.05) is 24.7 Å². The lowest BCUT2D eigenvalue weighted by Gasteiger charge is -2.46. The van der Waals surface area contributed by atoms with Crippen molar-refractivity contribution in [2.24, 2.45) is 0 Å². The average Bonchev–Trinajstić information content (AvgIpc) is 2.91. The maximum absolute atomic E-state index is 15.1. The molecule has 15 heteroatoms. The molecule has 0 unspecified atom stereocenters. The predicted octanol–water partition coefficient (Wildman–Crippen LogP) is 5.05. The summed E-state index contributed by atoms with van der Waals surface area (Å²) in [6, 6.07) is 7.06. The molecule has 0 spiro atoms. The molecule has 41 heavy (non-hydrogen) atoms. The largest absolute Gasteiger partial charge is 0.456 e. The molecule has 3 atom stereocenters. The van der Waals surface area contributed by atoms with Gasteiger partial charge in [-0.1, -0.05) is 23.7 Å². The Hall–Kier alpha value is -3.49. The number of rotatable bonds is 9. The van der Waals surface area contributed by atoms with E-state index in [-0.39, 0.29) is 41.4 Å². The minimum Gasteiger partial charge on any atom is -0.456 e. The Kier molecular flexibility index (Phi) is 8.76. The summed E-state index contributed by atoms with van der Waals surface area (Å²) < 4.78 is 88.5. The van der Waals surface area contributed by atoms with Crippen molar-refractivity contribution in [3.05, 3.63) is 77.0 Å². The Morgan fingerprint density at radius 1 is 1.20 bits per heavy atom. The smallest absolute Gasteiger partial charge is 0.416 e. The van der Waals surface area contributed by atoms with Crippen LogP contribution in [0.4, 0.5) is 29.1 Å². The first-order valence-corrected chi connectivity index (χ1v) is 14.1. The molecule has 0 aliphatic heterocycles. The summed E-state index contributed by atoms with van der Waals surface area (Å²) in [4.78, 5) is 20.1. The number of likely N-dealkylation sites (N-methyl/N-ethyl adjacent to an activating group) is 1. The van der Waals surface area contributed by atoms with E-state index in [0.29, 0.717) is 6.42 Å². The minimum absolute atomic E-state index is 0.0597. The molecule has 1 aliphatic rings. The molecule has 0 bridgehead atoms. The highest BCUT2D eigenvalue weighted by Gasteiger charge is 2.46. The number of nitrogens with one attached hydrogen (secondary N) is 2. The van der Waals surface area contributed by atoms with E-state index in [1.807, 2.05) is 4.90 Å². The van der Waals surface area contributed by atoms with Gasteiger partial charge in [0.25, 0.3) is 16.5 Å². The number of anilines is 2. The highest BCUT2D eigenvalue weighted by Crippen LogP contribution is 2.44. The van der Waals surface area contributed by atoms with Crippen LogP contribution in [0.15, 0.2) is 59.9 Å². The van der Waals surface area contributed by atoms with Crippen molar-refractivity contribution >= 4 is 39.6 Å². The number of carbonyl (C=O) groups is 1. The topological polar surface area (TPSA) is 114 Å². The third kappa shape index (κ3) is 6.71. The first kappa shape index (κ1) is 30.5. The second kappa shape index (κ2) is 11.8. The van der Waals surface area contributed by atoms with E-state index in [1.165, 1.54) is 24.4 Å². The van der Waals surface area contributed by atoms with Gasteiger partial charge in [-0.2, -0.15) is 13.2 Å². The van der Waals surface area contributed by atoms with Gasteiger partial charge in [0.1, 0.15) is 28.5 Å². The monoisotopic (exact) mass is 615 g/mol. The van der Waals surface area contributed by atoms with E-state index >= 15 is 4.39 Å². The van der Waals surface area contributed by atoms with Crippen LogP contribution in [0.2, 0.25) is 5.02 Å². The molecule has 2 N–H and O–H groups in total. The molecule has 220 valence electrons. The van der Waals surface area contributed by atoms with E-state index in [9.17, 15) is 26.4 Å². The van der Waals surface area contributed by atoms with E-state index in [2.05, 4.69) is 20.0 Å². The highest BCUT2D eigenvalue weighted by atomic mass is 35.5. The van der Waals surface area contributed by atoms with Gasteiger partial charge in [-0.3, -0.25) is 9.52 Å². The molecule has 1 saturated carbocycles. The van der Waals surface area contributed by atoms with Gasteiger partial charge in [-0.15, -0.1) is 0 Å². The van der Waals surface area contributed by atoms with Crippen LogP contribution >= 0.6 is 11.6 Å². The fourth-order valence-corrected chi connectivity index (χ4v) is 6.35. The Bertz CT molecular complexity index is 1510. The quantitative estimate of drug-likeness (QED) is 0.254. The van der Waals surface area contributed by atoms with Crippen molar-refractivity contribution in [3.8, 4) is 0 Å². The first-order valence-electron chi connectivity index (χ1n) is 12.3. The molecule has 1 aromatic heterocycles. The summed E-state index contributed by atoms with van der Waals surface area (Å²) in [6.07, 6.45) is -1.57. The molecule has 3 aromatic rings. The second-order valence-electron chi connectivity index (χ2n) is 9.77. The summed E-state index contributed by atoms with van der Waals surface area (Å²) in [7, 11) is -0.874. The van der Waals surface area contributed by atoms with Gasteiger partial charge in [-0.05, 0) is 62.8 Å². The number of hydrogen-bond acceptors (Lipinski definition) is 8. The van der Waals surface area contributed by atoms with E-state index < -0.39 is 50.2 Å². The van der Waals surface area contributed by atoms with Crippen LogP contribution in [0.3, 0.4) is 0 Å². The Morgan fingerprint density at radius 2 is 1.95 bits per heavy atom. The van der Waals surface area contributed by atoms with Crippen molar-refractivity contribution in [3.63, 3.8) is 0 Å². The summed E-state index contributed by atoms with van der Waals surface area (Å²) >= 11 is 6.38. The lowest BCUT2D eigenvalue weighted by molar-refractivity contribution is -0.151. The molecule has 1 heterocycles. The minimum atomic E-state index is -4.58. The SMILES string of the molecule is CN(C)[C@H]1C[C@@](OC=O)(c2cccc(C(F)(F)F)c2)CC[C@@H]1Nc1cc(F)c(S(=O)(=O)Nc2ccncn2)cc1Cl. The van der Waals surface area contributed by atoms with Crippen molar-refractivity contribution in [2.45, 2.75) is 48.0 Å². The lowest BCUT2D eigenvalue weighted by Crippen LogP contribution is -2.53. The number of halogens is 5. The summed E-state index contributed by atoms with van der Waals surface area (Å²) in [6.45, 7) is 0.224. The van der Waals surface area contributed by atoms with Crippen LogP contribution in [0.25, 0.3) is 0 Å². The Balaban J connectivity index is 1.60. The molecule has 0 radical (unpaired) electrons. The van der Waals surface area contributed by atoms with Crippen LogP contribution < -0.4 is 10.0 Å². The fourth-order valence-electron chi connectivity index (χ4n) is 4.97. The van der Waals surface area contributed by atoms with Gasteiger partial charge in [0.15, 0.2) is 0 Å². The van der Waals surface area contributed by atoms with E-state index in [4.69, 9.17) is 16.3 Å². The molecular formula is C26H26ClF4N5O4S. The van der Waals surface area contributed by atoms with Gasteiger partial charge < -0.3 is 15.0 Å². The predicted molar refractivity (Wildman–Crippen MR) is 143 cm³/mol. The number of aromatic nitrogens is 2. The van der Waals surface area contributed by atoms with Crippen LogP contribution in [0, 0.1) is 5.82 Å². The number of alkyl halides is 3. The maximum Gasteiger partial charge on any atom is 0.416 e. The van der Waals surface area contributed by atoms with Crippen molar-refractivity contribution in [1.82, 2.24) is 14.9 Å². The zero-order valence-corrected chi connectivity index (χ0v) is 23.4. The Morgan fingerprint density at radius 3 is 2.59 bits per heavy atom. The summed E-state index contributed by atoms with van der Waals surface area (Å²) in [5.74, 6) is -1.13. The highest BCUT2D eigenvalue weighted by molar-refractivity contribution is 7.92. The normalized spacial score (nSPS) is 21.4. The second-order valence-corrected chi connectivity index (χ2v) is 11.8. The third-order valence-electron chi connectivity index (χ3n) is 6.99. The van der Waals surface area contributed by atoms with Crippen molar-refractivity contribution in [2.75, 3.05) is 24.1 Å². The van der Waals surface area contributed by atoms with Crippen molar-refractivity contribution in [1.29, 1.82) is 0 Å². The van der Waals surface area contributed by atoms with Gasteiger partial charge in [-0.25, -0.2) is 22.8 Å². The number of nitrogens with zero attached hydrogens (tertiary/aromatic N) is 3. The molecule has 1 fully saturated rings. The van der Waals surface area contributed by atoms with Crippen molar-refractivity contribution < 1.29 is 35.5 Å². The van der Waals surface area contributed by atoms with E-state index in [0.717, 1.165) is 30.6 Å². The molecule has 0 saturated heterocycles. The molecule has 2 aromatic carbocycles. The Labute approximate surface area is 238 Å². The molecule has 9 nitrogen and oxygen atoms in total. The molecular weight excluding hydrogens is 590 g/mol. The number of carbonyl (C=O) groups excluding carboxylic acids is 1. The van der Waals surface area contributed by atoms with Crippen LogP contribution in [-0.4, -0.2) is 55.9 Å². The zero-order chi connectivity index (χ0) is 30.0. The van der Waals surface area contributed by atoms with Gasteiger partial charge in [0.2, 0.25) is 0 Å². The summed E-state index contributed by atoms with van der Waals surface area (Å²) in [5, 5.41) is 3.07. The average molecular weight is 616 g/mol. The number of sulfonamides is 1.